The lowest BCUT2D eigenvalue weighted by Crippen LogP contribution is -2.49. The summed E-state index contributed by atoms with van der Waals surface area (Å²) in [6, 6.07) is 8.93. The van der Waals surface area contributed by atoms with E-state index in [4.69, 9.17) is 16.0 Å². The van der Waals surface area contributed by atoms with E-state index in [1.165, 1.54) is 11.8 Å². The van der Waals surface area contributed by atoms with Gasteiger partial charge in [0.1, 0.15) is 0 Å². The van der Waals surface area contributed by atoms with E-state index in [2.05, 4.69) is 25.1 Å². The quantitative estimate of drug-likeness (QED) is 0.586. The normalized spacial score (nSPS) is 14.3. The lowest BCUT2D eigenvalue weighted by molar-refractivity contribution is -0.128. The van der Waals surface area contributed by atoms with E-state index in [0.29, 0.717) is 48.3 Å². The van der Waals surface area contributed by atoms with Gasteiger partial charge < -0.3 is 14.2 Å². The highest BCUT2D eigenvalue weighted by Crippen LogP contribution is 2.24. The Morgan fingerprint density at radius 2 is 1.79 bits per heavy atom. The Bertz CT molecular complexity index is 929. The molecule has 144 valence electrons. The summed E-state index contributed by atoms with van der Waals surface area (Å²) in [6.45, 7) is 2.69. The van der Waals surface area contributed by atoms with Gasteiger partial charge in [-0.2, -0.15) is 0 Å². The first-order valence-electron chi connectivity index (χ1n) is 8.71. The van der Waals surface area contributed by atoms with Crippen LogP contribution in [0.5, 0.6) is 0 Å². The number of rotatable bonds is 5. The summed E-state index contributed by atoms with van der Waals surface area (Å²) in [5.74, 6) is 1.40. The molecule has 0 aliphatic carbocycles. The molecule has 3 aromatic rings. The number of halogens is 1. The zero-order valence-electron chi connectivity index (χ0n) is 14.9. The first-order valence-corrected chi connectivity index (χ1v) is 10.1. The second-order valence-corrected chi connectivity index (χ2v) is 7.45. The first kappa shape index (κ1) is 18.7. The van der Waals surface area contributed by atoms with E-state index >= 15 is 0 Å². The summed E-state index contributed by atoms with van der Waals surface area (Å²) in [5, 5.41) is 9.04. The van der Waals surface area contributed by atoms with Gasteiger partial charge >= 0.3 is 0 Å². The van der Waals surface area contributed by atoms with Crippen LogP contribution in [0.25, 0.3) is 11.5 Å². The van der Waals surface area contributed by atoms with Crippen LogP contribution in [0.3, 0.4) is 0 Å². The third-order valence-electron chi connectivity index (χ3n) is 4.28. The molecule has 10 heteroatoms. The van der Waals surface area contributed by atoms with E-state index in [-0.39, 0.29) is 11.7 Å². The molecule has 0 unspecified atom stereocenters. The molecule has 0 atom stereocenters. The highest BCUT2D eigenvalue weighted by Gasteiger charge is 2.23. The Hall–Kier alpha value is -2.65. The minimum Gasteiger partial charge on any atom is -0.411 e. The van der Waals surface area contributed by atoms with Crippen molar-refractivity contribution in [3.05, 3.63) is 47.7 Å². The molecule has 4 rings (SSSR count). The number of carbonyl (C=O) groups excluding carboxylic acids is 1. The molecule has 1 saturated heterocycles. The topological polar surface area (TPSA) is 88.3 Å². The van der Waals surface area contributed by atoms with E-state index in [9.17, 15) is 4.79 Å². The maximum absolute atomic E-state index is 12.5. The van der Waals surface area contributed by atoms with Crippen molar-refractivity contribution in [2.75, 3.05) is 36.8 Å². The van der Waals surface area contributed by atoms with Gasteiger partial charge in [-0.1, -0.05) is 23.4 Å². The maximum atomic E-state index is 12.5. The molecule has 0 N–H and O–H groups in total. The number of piperazine rings is 1. The summed E-state index contributed by atoms with van der Waals surface area (Å²) >= 11 is 7.13. The number of carbonyl (C=O) groups is 1. The number of nitrogens with zero attached hydrogens (tertiary/aromatic N) is 6. The third-order valence-corrected chi connectivity index (χ3v) is 5.34. The van der Waals surface area contributed by atoms with Crippen LogP contribution in [0.15, 0.2) is 52.4 Å². The Morgan fingerprint density at radius 3 is 2.50 bits per heavy atom. The van der Waals surface area contributed by atoms with E-state index in [0.717, 1.165) is 5.56 Å². The Labute approximate surface area is 170 Å². The number of hydrogen-bond donors (Lipinski definition) is 0. The molecular weight excluding hydrogens is 400 g/mol. The largest absolute Gasteiger partial charge is 0.411 e. The van der Waals surface area contributed by atoms with Gasteiger partial charge in [-0.15, -0.1) is 10.2 Å². The smallest absolute Gasteiger partial charge is 0.277 e. The predicted octanol–water partition coefficient (Wildman–Crippen LogP) is 2.62. The van der Waals surface area contributed by atoms with Crippen LogP contribution in [0.2, 0.25) is 5.02 Å². The predicted molar refractivity (Wildman–Crippen MR) is 106 cm³/mol. The Balaban J connectivity index is 1.28. The lowest BCUT2D eigenvalue weighted by atomic mass is 10.2. The summed E-state index contributed by atoms with van der Waals surface area (Å²) in [4.78, 5) is 24.9. The minimum atomic E-state index is 0.0462. The van der Waals surface area contributed by atoms with E-state index < -0.39 is 0 Å². The molecule has 0 spiro atoms. The van der Waals surface area contributed by atoms with Crippen molar-refractivity contribution in [1.82, 2.24) is 25.1 Å². The first-order chi connectivity index (χ1) is 13.7. The summed E-state index contributed by atoms with van der Waals surface area (Å²) in [6.07, 6.45) is 3.44. The fourth-order valence-electron chi connectivity index (χ4n) is 2.80. The van der Waals surface area contributed by atoms with Gasteiger partial charge in [-0.05, 0) is 30.3 Å². The standard InChI is InChI=1S/C18H17ClN6O2S/c19-14-4-2-13(3-5-14)16-22-23-18(27-16)28-12-15(26)24-8-10-25(11-9-24)17-20-6-1-7-21-17/h1-7H,8-12H2. The van der Waals surface area contributed by atoms with Crippen LogP contribution in [0, 0.1) is 0 Å². The number of aromatic nitrogens is 4. The summed E-state index contributed by atoms with van der Waals surface area (Å²) in [5.41, 5.74) is 0.786. The molecule has 3 heterocycles. The molecule has 0 bridgehead atoms. The molecule has 2 aromatic heterocycles. The molecular formula is C18H17ClN6O2S. The fourth-order valence-corrected chi connectivity index (χ4v) is 3.59. The van der Waals surface area contributed by atoms with Crippen molar-refractivity contribution in [2.24, 2.45) is 0 Å². The maximum Gasteiger partial charge on any atom is 0.277 e. The van der Waals surface area contributed by atoms with Gasteiger partial charge in [0.2, 0.25) is 17.7 Å². The Kier molecular flexibility index (Phi) is 5.73. The van der Waals surface area contributed by atoms with Crippen molar-refractivity contribution in [2.45, 2.75) is 5.22 Å². The summed E-state index contributed by atoms with van der Waals surface area (Å²) in [7, 11) is 0. The second kappa shape index (κ2) is 8.57. The molecule has 1 aromatic carbocycles. The zero-order chi connectivity index (χ0) is 19.3. The van der Waals surface area contributed by atoms with Crippen LogP contribution in [0.4, 0.5) is 5.95 Å². The number of hydrogen-bond acceptors (Lipinski definition) is 8. The zero-order valence-corrected chi connectivity index (χ0v) is 16.4. The monoisotopic (exact) mass is 416 g/mol. The van der Waals surface area contributed by atoms with Gasteiger partial charge in [0.15, 0.2) is 0 Å². The number of thioether (sulfide) groups is 1. The molecule has 1 amide bonds. The number of amides is 1. The van der Waals surface area contributed by atoms with Gasteiger partial charge in [-0.3, -0.25) is 4.79 Å². The van der Waals surface area contributed by atoms with Gasteiger partial charge in [0.25, 0.3) is 5.22 Å². The highest BCUT2D eigenvalue weighted by molar-refractivity contribution is 7.99. The van der Waals surface area contributed by atoms with E-state index in [1.807, 2.05) is 17.0 Å². The number of anilines is 1. The Morgan fingerprint density at radius 1 is 1.07 bits per heavy atom. The van der Waals surface area contributed by atoms with Crippen molar-refractivity contribution >= 4 is 35.2 Å². The van der Waals surface area contributed by atoms with Crippen molar-refractivity contribution < 1.29 is 9.21 Å². The molecule has 8 nitrogen and oxygen atoms in total. The minimum absolute atomic E-state index is 0.0462. The molecule has 0 saturated carbocycles. The van der Waals surface area contributed by atoms with Crippen LogP contribution < -0.4 is 4.90 Å². The van der Waals surface area contributed by atoms with Gasteiger partial charge in [-0.25, -0.2) is 9.97 Å². The second-order valence-electron chi connectivity index (χ2n) is 6.09. The summed E-state index contributed by atoms with van der Waals surface area (Å²) < 4.78 is 5.62. The molecule has 1 aliphatic rings. The average Bonchev–Trinajstić information content (AvgIpc) is 3.22. The third kappa shape index (κ3) is 4.42. The van der Waals surface area contributed by atoms with Crippen molar-refractivity contribution in [1.29, 1.82) is 0 Å². The van der Waals surface area contributed by atoms with Gasteiger partial charge in [0.05, 0.1) is 5.75 Å². The number of benzene rings is 1. The molecule has 1 aliphatic heterocycles. The fraction of sp³-hybridized carbons (Fsp3) is 0.278. The van der Waals surface area contributed by atoms with Crippen molar-refractivity contribution in [3.63, 3.8) is 0 Å². The van der Waals surface area contributed by atoms with Crippen molar-refractivity contribution in [3.8, 4) is 11.5 Å². The SMILES string of the molecule is O=C(CSc1nnc(-c2ccc(Cl)cc2)o1)N1CCN(c2ncccn2)CC1. The molecule has 28 heavy (non-hydrogen) atoms. The van der Waals surface area contributed by atoms with Gasteiger partial charge in [0, 0.05) is 49.2 Å². The van der Waals surface area contributed by atoms with Crippen LogP contribution >= 0.6 is 23.4 Å². The molecule has 1 fully saturated rings. The highest BCUT2D eigenvalue weighted by atomic mass is 35.5. The van der Waals surface area contributed by atoms with Crippen LogP contribution in [-0.4, -0.2) is 62.9 Å². The van der Waals surface area contributed by atoms with Crippen LogP contribution in [-0.2, 0) is 4.79 Å². The lowest BCUT2D eigenvalue weighted by Gasteiger charge is -2.34. The van der Waals surface area contributed by atoms with E-state index in [1.54, 1.807) is 30.6 Å². The molecule has 0 radical (unpaired) electrons. The average molecular weight is 417 g/mol. The van der Waals surface area contributed by atoms with Crippen LogP contribution in [0.1, 0.15) is 0 Å².